The van der Waals surface area contributed by atoms with Gasteiger partial charge >= 0.3 is 0 Å². The van der Waals surface area contributed by atoms with Crippen molar-refractivity contribution in [3.05, 3.63) is 70.0 Å². The van der Waals surface area contributed by atoms with Gasteiger partial charge in [-0.2, -0.15) is 0 Å². The summed E-state index contributed by atoms with van der Waals surface area (Å²) in [6.45, 7) is 2.31. The van der Waals surface area contributed by atoms with Crippen molar-refractivity contribution in [1.29, 1.82) is 0 Å². The maximum Gasteiger partial charge on any atom is 0.142 e. The predicted octanol–water partition coefficient (Wildman–Crippen LogP) is 11.5. The van der Waals surface area contributed by atoms with Crippen LogP contribution in [0.1, 0.15) is 132 Å². The second kappa shape index (κ2) is 15.3. The summed E-state index contributed by atoms with van der Waals surface area (Å²) in [7, 11) is 0. The van der Waals surface area contributed by atoms with Crippen molar-refractivity contribution < 1.29 is 4.39 Å². The molecule has 0 nitrogen and oxygen atoms in total. The maximum absolute atomic E-state index is 13.7. The molecule has 0 heterocycles. The van der Waals surface area contributed by atoms with E-state index < -0.39 is 0 Å². The molecule has 2 saturated carbocycles. The smallest absolute Gasteiger partial charge is 0.142 e. The second-order valence-electron chi connectivity index (χ2n) is 12.4. The predicted molar refractivity (Wildman–Crippen MR) is 158 cm³/mol. The van der Waals surface area contributed by atoms with E-state index in [1.54, 1.807) is 12.1 Å². The summed E-state index contributed by atoms with van der Waals surface area (Å²) >= 11 is 5.81. The minimum Gasteiger partial charge on any atom is -0.205 e. The third-order valence-corrected chi connectivity index (χ3v) is 9.96. The van der Waals surface area contributed by atoms with Gasteiger partial charge in [-0.15, -0.1) is 0 Å². The van der Waals surface area contributed by atoms with Crippen LogP contribution in [0.2, 0.25) is 5.02 Å². The number of hydrogen-bond acceptors (Lipinski definition) is 0. The zero-order chi connectivity index (χ0) is 25.9. The minimum atomic E-state index is -0.319. The van der Waals surface area contributed by atoms with Gasteiger partial charge in [-0.1, -0.05) is 126 Å². The largest absolute Gasteiger partial charge is 0.205 e. The van der Waals surface area contributed by atoms with Crippen LogP contribution in [-0.4, -0.2) is 0 Å². The third-order valence-electron chi connectivity index (χ3n) is 9.65. The minimum absolute atomic E-state index is 0.203. The molecule has 204 valence electrons. The third kappa shape index (κ3) is 9.42. The highest BCUT2D eigenvalue weighted by Crippen LogP contribution is 2.40. The molecule has 0 spiro atoms. The standard InChI is InChI=1S/C35H50ClF/c1-2-3-4-5-6-7-27-8-10-28(11-9-27)12-13-29-16-21-32(22-17-29)33-23-18-30(19-24-33)14-15-31-20-25-34(36)35(37)26-31/h18-20,23-29,32H,2-17,21-22H2,1H3/t27-,28-,29-,32-. The average Bonchev–Trinajstić information content (AvgIpc) is 2.94. The molecule has 0 N–H and O–H groups in total. The molecule has 4 rings (SSSR count). The molecule has 0 bridgehead atoms. The first kappa shape index (κ1) is 28.7. The van der Waals surface area contributed by atoms with E-state index in [4.69, 9.17) is 11.6 Å². The molecular formula is C35H50ClF. The van der Waals surface area contributed by atoms with Gasteiger partial charge in [0, 0.05) is 0 Å². The van der Waals surface area contributed by atoms with E-state index in [1.807, 2.05) is 6.07 Å². The summed E-state index contributed by atoms with van der Waals surface area (Å²) in [6, 6.07) is 14.4. The van der Waals surface area contributed by atoms with E-state index in [0.717, 1.165) is 42.1 Å². The highest BCUT2D eigenvalue weighted by atomic mass is 35.5. The van der Waals surface area contributed by atoms with Gasteiger partial charge in [0.1, 0.15) is 5.82 Å². The summed E-state index contributed by atoms with van der Waals surface area (Å²) in [6.07, 6.45) is 25.0. The number of rotatable bonds is 13. The summed E-state index contributed by atoms with van der Waals surface area (Å²) in [5.74, 6) is 3.45. The van der Waals surface area contributed by atoms with Gasteiger partial charge in [0.2, 0.25) is 0 Å². The van der Waals surface area contributed by atoms with E-state index in [2.05, 4.69) is 31.2 Å². The lowest BCUT2D eigenvalue weighted by atomic mass is 9.74. The Kier molecular flexibility index (Phi) is 11.9. The van der Waals surface area contributed by atoms with Crippen LogP contribution in [-0.2, 0) is 12.8 Å². The van der Waals surface area contributed by atoms with Crippen LogP contribution in [0, 0.1) is 23.6 Å². The Hall–Kier alpha value is -1.34. The number of benzene rings is 2. The molecule has 0 unspecified atom stereocenters. The molecule has 2 heteroatoms. The van der Waals surface area contributed by atoms with Crippen molar-refractivity contribution >= 4 is 11.6 Å². The van der Waals surface area contributed by atoms with Crippen LogP contribution < -0.4 is 0 Å². The lowest BCUT2D eigenvalue weighted by molar-refractivity contribution is 0.222. The van der Waals surface area contributed by atoms with Gasteiger partial charge < -0.3 is 0 Å². The van der Waals surface area contributed by atoms with Gasteiger partial charge in [0.05, 0.1) is 5.02 Å². The second-order valence-corrected chi connectivity index (χ2v) is 12.8. The fourth-order valence-corrected chi connectivity index (χ4v) is 7.16. The van der Waals surface area contributed by atoms with Crippen molar-refractivity contribution in [2.24, 2.45) is 17.8 Å². The summed E-state index contributed by atoms with van der Waals surface area (Å²) < 4.78 is 13.7. The fourth-order valence-electron chi connectivity index (χ4n) is 7.04. The average molecular weight is 525 g/mol. The van der Waals surface area contributed by atoms with Crippen LogP contribution in [0.15, 0.2) is 42.5 Å². The van der Waals surface area contributed by atoms with Gasteiger partial charge in [0.25, 0.3) is 0 Å². The van der Waals surface area contributed by atoms with Crippen molar-refractivity contribution in [3.8, 4) is 0 Å². The molecule has 2 fully saturated rings. The highest BCUT2D eigenvalue weighted by Gasteiger charge is 2.25. The molecule has 0 radical (unpaired) electrons. The molecule has 0 saturated heterocycles. The van der Waals surface area contributed by atoms with Gasteiger partial charge in [-0.05, 0) is 91.0 Å². The van der Waals surface area contributed by atoms with Crippen LogP contribution in [0.4, 0.5) is 4.39 Å². The number of unbranched alkanes of at least 4 members (excludes halogenated alkanes) is 4. The SMILES string of the molecule is CCCCCCC[C@H]1CC[C@H](CC[C@H]2CC[C@H](c3ccc(CCc4ccc(Cl)c(F)c4)cc3)CC2)CC1. The summed E-state index contributed by atoms with van der Waals surface area (Å²) in [5, 5.41) is 0.203. The first-order valence-electron chi connectivity index (χ1n) is 15.6. The zero-order valence-corrected chi connectivity index (χ0v) is 24.1. The zero-order valence-electron chi connectivity index (χ0n) is 23.3. The highest BCUT2D eigenvalue weighted by molar-refractivity contribution is 6.30. The quantitative estimate of drug-likeness (QED) is 0.228. The van der Waals surface area contributed by atoms with Crippen LogP contribution in [0.25, 0.3) is 0 Å². The lowest BCUT2D eigenvalue weighted by Crippen LogP contribution is -2.18. The molecule has 0 aliphatic heterocycles. The van der Waals surface area contributed by atoms with E-state index in [-0.39, 0.29) is 10.8 Å². The molecule has 2 aliphatic rings. The van der Waals surface area contributed by atoms with Crippen molar-refractivity contribution in [3.63, 3.8) is 0 Å². The Morgan fingerprint density at radius 1 is 0.649 bits per heavy atom. The first-order valence-corrected chi connectivity index (χ1v) is 16.0. The molecule has 2 aromatic carbocycles. The number of halogens is 2. The summed E-state index contributed by atoms with van der Waals surface area (Å²) in [4.78, 5) is 0. The van der Waals surface area contributed by atoms with Crippen molar-refractivity contribution in [2.45, 2.75) is 128 Å². The Labute approximate surface area is 231 Å². The monoisotopic (exact) mass is 524 g/mol. The van der Waals surface area contributed by atoms with Crippen LogP contribution >= 0.6 is 11.6 Å². The molecular weight excluding hydrogens is 475 g/mol. The molecule has 2 aromatic rings. The molecule has 2 aliphatic carbocycles. The normalized spacial score (nSPS) is 24.3. The summed E-state index contributed by atoms with van der Waals surface area (Å²) in [5.41, 5.74) is 3.86. The maximum atomic E-state index is 13.7. The molecule has 37 heavy (non-hydrogen) atoms. The Bertz CT molecular complexity index is 903. The van der Waals surface area contributed by atoms with E-state index in [1.165, 1.54) is 114 Å². The Balaban J connectivity index is 1.10. The fraction of sp³-hybridized carbons (Fsp3) is 0.657. The number of aryl methyl sites for hydroxylation is 2. The van der Waals surface area contributed by atoms with Crippen LogP contribution in [0.5, 0.6) is 0 Å². The molecule has 0 amide bonds. The first-order chi connectivity index (χ1) is 18.1. The molecule has 0 atom stereocenters. The van der Waals surface area contributed by atoms with E-state index in [0.29, 0.717) is 0 Å². The van der Waals surface area contributed by atoms with Crippen molar-refractivity contribution in [2.75, 3.05) is 0 Å². The topological polar surface area (TPSA) is 0 Å². The van der Waals surface area contributed by atoms with E-state index in [9.17, 15) is 4.39 Å². The van der Waals surface area contributed by atoms with Gasteiger partial charge in [-0.3, -0.25) is 0 Å². The lowest BCUT2D eigenvalue weighted by Gasteiger charge is -2.32. The van der Waals surface area contributed by atoms with Crippen molar-refractivity contribution in [1.82, 2.24) is 0 Å². The molecule has 0 aromatic heterocycles. The Morgan fingerprint density at radius 2 is 1.19 bits per heavy atom. The van der Waals surface area contributed by atoms with E-state index >= 15 is 0 Å². The van der Waals surface area contributed by atoms with Gasteiger partial charge in [0.15, 0.2) is 0 Å². The van der Waals surface area contributed by atoms with Crippen LogP contribution in [0.3, 0.4) is 0 Å². The van der Waals surface area contributed by atoms with Gasteiger partial charge in [-0.25, -0.2) is 4.39 Å². The number of hydrogen-bond donors (Lipinski definition) is 0. The Morgan fingerprint density at radius 3 is 1.81 bits per heavy atom.